The van der Waals surface area contributed by atoms with Crippen LogP contribution < -0.4 is 10.0 Å². The Morgan fingerprint density at radius 3 is 2.55 bits per heavy atom. The summed E-state index contributed by atoms with van der Waals surface area (Å²) < 4.78 is 60.0. The first-order chi connectivity index (χ1) is 9.25. The predicted molar refractivity (Wildman–Crippen MR) is 66.7 cm³/mol. The maximum Gasteiger partial charge on any atom is 0.350 e. The summed E-state index contributed by atoms with van der Waals surface area (Å²) in [5, 5.41) is 1.84. The summed E-state index contributed by atoms with van der Waals surface area (Å²) in [6.45, 7) is -0.678. The zero-order valence-electron chi connectivity index (χ0n) is 9.87. The lowest BCUT2D eigenvalue weighted by molar-refractivity contribution is 0.0954. The van der Waals surface area contributed by atoms with E-state index in [2.05, 4.69) is 5.32 Å². The number of carbonyl (C=O) groups is 1. The molecule has 0 unspecified atom stereocenters. The second-order valence-electron chi connectivity index (χ2n) is 3.56. The molecule has 1 rings (SSSR count). The monoisotopic (exact) mass is 330 g/mol. The van der Waals surface area contributed by atoms with Crippen molar-refractivity contribution in [3.05, 3.63) is 34.6 Å². The molecule has 1 aromatic carbocycles. The van der Waals surface area contributed by atoms with Crippen molar-refractivity contribution < 1.29 is 26.4 Å². The van der Waals surface area contributed by atoms with Crippen molar-refractivity contribution in [2.24, 2.45) is 0 Å². The van der Waals surface area contributed by atoms with Gasteiger partial charge in [-0.15, -0.1) is 0 Å². The number of benzene rings is 1. The van der Waals surface area contributed by atoms with E-state index in [1.807, 2.05) is 0 Å². The van der Waals surface area contributed by atoms with Crippen molar-refractivity contribution >= 4 is 27.5 Å². The summed E-state index contributed by atoms with van der Waals surface area (Å²) >= 11 is 5.57. The zero-order chi connectivity index (χ0) is 15.3. The van der Waals surface area contributed by atoms with Gasteiger partial charge in [-0.05, 0) is 12.1 Å². The van der Waals surface area contributed by atoms with Gasteiger partial charge in [0.1, 0.15) is 5.82 Å². The lowest BCUT2D eigenvalue weighted by Gasteiger charge is -2.08. The largest absolute Gasteiger partial charge is 0.351 e. The molecule has 10 heteroatoms. The molecular weight excluding hydrogens is 321 g/mol. The van der Waals surface area contributed by atoms with Crippen LogP contribution >= 0.6 is 11.6 Å². The molecule has 0 bridgehead atoms. The number of hydrogen-bond donors (Lipinski definition) is 2. The van der Waals surface area contributed by atoms with Crippen LogP contribution in [0.2, 0.25) is 5.02 Å². The van der Waals surface area contributed by atoms with Crippen LogP contribution in [0.15, 0.2) is 18.2 Å². The molecule has 1 aromatic rings. The number of hydrogen-bond acceptors (Lipinski definition) is 3. The summed E-state index contributed by atoms with van der Waals surface area (Å²) in [6.07, 6.45) is 0. The minimum atomic E-state index is -4.70. The molecular formula is C10H10ClF3N2O3S. The lowest BCUT2D eigenvalue weighted by Crippen LogP contribution is -2.37. The number of nitrogens with one attached hydrogen (secondary N) is 2. The first-order valence-electron chi connectivity index (χ1n) is 5.24. The second kappa shape index (κ2) is 6.91. The van der Waals surface area contributed by atoms with Crippen molar-refractivity contribution in [2.75, 3.05) is 13.1 Å². The first-order valence-corrected chi connectivity index (χ1v) is 7.17. The van der Waals surface area contributed by atoms with Crippen molar-refractivity contribution in [3.63, 3.8) is 0 Å². The van der Waals surface area contributed by atoms with E-state index in [4.69, 9.17) is 11.6 Å². The molecule has 5 nitrogen and oxygen atoms in total. The van der Waals surface area contributed by atoms with Gasteiger partial charge < -0.3 is 5.32 Å². The van der Waals surface area contributed by atoms with Crippen LogP contribution in [0.4, 0.5) is 13.2 Å². The van der Waals surface area contributed by atoms with Gasteiger partial charge in [0, 0.05) is 13.1 Å². The van der Waals surface area contributed by atoms with Gasteiger partial charge in [-0.3, -0.25) is 4.79 Å². The highest BCUT2D eigenvalue weighted by Crippen LogP contribution is 2.19. The molecule has 0 atom stereocenters. The summed E-state index contributed by atoms with van der Waals surface area (Å²) in [6, 6.07) is 3.61. The Hall–Kier alpha value is -1.32. The average Bonchev–Trinajstić information content (AvgIpc) is 2.37. The van der Waals surface area contributed by atoms with Crippen LogP contribution in [0.1, 0.15) is 10.4 Å². The molecule has 20 heavy (non-hydrogen) atoms. The summed E-state index contributed by atoms with van der Waals surface area (Å²) in [4.78, 5) is 11.6. The molecule has 0 aliphatic carbocycles. The Labute approximate surface area is 118 Å². The normalized spacial score (nSPS) is 11.7. The molecule has 0 saturated carbocycles. The van der Waals surface area contributed by atoms with E-state index in [1.165, 1.54) is 12.1 Å². The van der Waals surface area contributed by atoms with Crippen molar-refractivity contribution in [2.45, 2.75) is 5.76 Å². The molecule has 0 fully saturated rings. The third-order valence-corrected chi connectivity index (χ3v) is 3.60. The third-order valence-electron chi connectivity index (χ3n) is 2.14. The van der Waals surface area contributed by atoms with E-state index in [0.717, 1.165) is 6.07 Å². The minimum Gasteiger partial charge on any atom is -0.351 e. The number of alkyl halides is 2. The Balaban J connectivity index is 2.51. The van der Waals surface area contributed by atoms with Crippen molar-refractivity contribution in [1.29, 1.82) is 0 Å². The second-order valence-corrected chi connectivity index (χ2v) is 5.67. The van der Waals surface area contributed by atoms with Crippen molar-refractivity contribution in [3.8, 4) is 0 Å². The van der Waals surface area contributed by atoms with Crippen LogP contribution in [-0.4, -0.2) is 33.2 Å². The SMILES string of the molecule is O=C(NCCNS(=O)(=O)C(F)F)c1cccc(F)c1Cl. The van der Waals surface area contributed by atoms with Gasteiger partial charge in [0.2, 0.25) is 0 Å². The van der Waals surface area contributed by atoms with Gasteiger partial charge in [0.05, 0.1) is 10.6 Å². The topological polar surface area (TPSA) is 75.3 Å². The smallest absolute Gasteiger partial charge is 0.350 e. The maximum absolute atomic E-state index is 13.1. The van der Waals surface area contributed by atoms with Crippen LogP contribution in [0, 0.1) is 5.82 Å². The van der Waals surface area contributed by atoms with E-state index >= 15 is 0 Å². The molecule has 0 aliphatic heterocycles. The fourth-order valence-corrected chi connectivity index (χ4v) is 1.93. The summed E-state index contributed by atoms with van der Waals surface area (Å²) in [5.74, 6) is -5.07. The van der Waals surface area contributed by atoms with Gasteiger partial charge in [0.25, 0.3) is 15.9 Å². The predicted octanol–water partition coefficient (Wildman–Crippen LogP) is 1.35. The molecule has 0 aromatic heterocycles. The Kier molecular flexibility index (Phi) is 5.78. The highest BCUT2D eigenvalue weighted by atomic mass is 35.5. The average molecular weight is 331 g/mol. The fourth-order valence-electron chi connectivity index (χ4n) is 1.21. The van der Waals surface area contributed by atoms with Gasteiger partial charge in [-0.25, -0.2) is 17.5 Å². The first kappa shape index (κ1) is 16.7. The van der Waals surface area contributed by atoms with Crippen LogP contribution in [0.3, 0.4) is 0 Å². The number of amides is 1. The Morgan fingerprint density at radius 2 is 1.95 bits per heavy atom. The van der Waals surface area contributed by atoms with Gasteiger partial charge >= 0.3 is 5.76 Å². The highest BCUT2D eigenvalue weighted by molar-refractivity contribution is 7.89. The van der Waals surface area contributed by atoms with Gasteiger partial charge in [0.15, 0.2) is 0 Å². The standard InChI is InChI=1S/C10H10ClF3N2O3S/c11-8-6(2-1-3-7(8)12)9(17)15-4-5-16-20(18,19)10(13)14/h1-3,10,16H,4-5H2,(H,15,17). The molecule has 0 spiro atoms. The molecule has 112 valence electrons. The third kappa shape index (κ3) is 4.36. The molecule has 0 saturated heterocycles. The molecule has 0 radical (unpaired) electrons. The lowest BCUT2D eigenvalue weighted by atomic mass is 10.2. The number of carbonyl (C=O) groups excluding carboxylic acids is 1. The molecule has 0 aliphatic rings. The van der Waals surface area contributed by atoms with Crippen LogP contribution in [0.5, 0.6) is 0 Å². The fraction of sp³-hybridized carbons (Fsp3) is 0.300. The number of sulfonamides is 1. The van der Waals surface area contributed by atoms with E-state index in [-0.39, 0.29) is 17.1 Å². The molecule has 2 N–H and O–H groups in total. The van der Waals surface area contributed by atoms with E-state index < -0.39 is 34.0 Å². The minimum absolute atomic E-state index is 0.136. The molecule has 1 amide bonds. The van der Waals surface area contributed by atoms with Crippen LogP contribution in [-0.2, 0) is 10.0 Å². The van der Waals surface area contributed by atoms with Gasteiger partial charge in [-0.2, -0.15) is 8.78 Å². The number of halogens is 4. The van der Waals surface area contributed by atoms with E-state index in [0.29, 0.717) is 0 Å². The quantitative estimate of drug-likeness (QED) is 0.773. The van der Waals surface area contributed by atoms with E-state index in [9.17, 15) is 26.4 Å². The van der Waals surface area contributed by atoms with Gasteiger partial charge in [-0.1, -0.05) is 17.7 Å². The maximum atomic E-state index is 13.1. The van der Waals surface area contributed by atoms with E-state index in [1.54, 1.807) is 4.72 Å². The van der Waals surface area contributed by atoms with Crippen LogP contribution in [0.25, 0.3) is 0 Å². The molecule has 0 heterocycles. The summed E-state index contributed by atoms with van der Waals surface area (Å²) in [5.41, 5.74) is -0.136. The summed E-state index contributed by atoms with van der Waals surface area (Å²) in [7, 11) is -4.70. The van der Waals surface area contributed by atoms with Crippen molar-refractivity contribution in [1.82, 2.24) is 10.0 Å². The highest BCUT2D eigenvalue weighted by Gasteiger charge is 2.22. The Bertz CT molecular complexity index is 595. The zero-order valence-corrected chi connectivity index (χ0v) is 11.4. The number of rotatable bonds is 6. The Morgan fingerprint density at radius 1 is 1.30 bits per heavy atom.